The molecule has 0 amide bonds. The first-order valence-electron chi connectivity index (χ1n) is 14.0. The molecule has 202 valence electrons. The number of carbonyl (C=O) groups excluding carboxylic acids is 2. The Hall–Kier alpha value is -3.41. The van der Waals surface area contributed by atoms with Crippen LogP contribution in [-0.4, -0.2) is 59.6 Å². The topological polar surface area (TPSA) is 53.5 Å². The molecule has 0 bridgehead atoms. The molecule has 2 aliphatic rings. The van der Waals surface area contributed by atoms with Crippen LogP contribution in [0.25, 0.3) is 6.08 Å². The molecule has 1 atom stereocenters. The highest BCUT2D eigenvalue weighted by molar-refractivity contribution is 6.00. The van der Waals surface area contributed by atoms with Gasteiger partial charge in [-0.25, -0.2) is 0 Å². The van der Waals surface area contributed by atoms with Gasteiger partial charge in [-0.05, 0) is 92.7 Å². The van der Waals surface area contributed by atoms with E-state index in [-0.39, 0.29) is 11.6 Å². The number of nitrogens with zero attached hydrogens (tertiary/aromatic N) is 3. The van der Waals surface area contributed by atoms with Crippen LogP contribution < -0.4 is 0 Å². The Kier molecular flexibility index (Phi) is 8.20. The number of Topliss-reactive ketones (excluding diaryl/α,β-unsaturated/α-hetero) is 2. The van der Waals surface area contributed by atoms with Gasteiger partial charge < -0.3 is 4.90 Å². The van der Waals surface area contributed by atoms with Crippen molar-refractivity contribution in [3.05, 3.63) is 105 Å². The SMILES string of the molecule is CC(=O)C1=Cc2cc(CCc3cc(CC(=O)c4ccc(CN5CC[C@H](N(C)C)C5)cc4)ccc3C)cnc2C1. The van der Waals surface area contributed by atoms with Crippen LogP contribution in [0, 0.1) is 6.92 Å². The Bertz CT molecular complexity index is 1400. The molecule has 5 heteroatoms. The molecule has 1 fully saturated rings. The zero-order valence-corrected chi connectivity index (χ0v) is 23.7. The third-order valence-electron chi connectivity index (χ3n) is 8.32. The molecule has 5 nitrogen and oxygen atoms in total. The smallest absolute Gasteiger partial charge is 0.167 e. The third kappa shape index (κ3) is 6.60. The Morgan fingerprint density at radius 3 is 2.49 bits per heavy atom. The van der Waals surface area contributed by atoms with Crippen molar-refractivity contribution < 1.29 is 9.59 Å². The number of likely N-dealkylation sites (N-methyl/N-ethyl adjacent to an activating group) is 1. The molecule has 0 radical (unpaired) electrons. The molecule has 1 aliphatic heterocycles. The number of pyridine rings is 1. The fraction of sp³-hybridized carbons (Fsp3) is 0.382. The van der Waals surface area contributed by atoms with Gasteiger partial charge in [-0.3, -0.25) is 19.5 Å². The van der Waals surface area contributed by atoms with Gasteiger partial charge in [0.05, 0.1) is 5.69 Å². The van der Waals surface area contributed by atoms with Crippen LogP contribution >= 0.6 is 0 Å². The number of allylic oxidation sites excluding steroid dienone is 1. The van der Waals surface area contributed by atoms with Crippen LogP contribution in [0.2, 0.25) is 0 Å². The first-order valence-corrected chi connectivity index (χ1v) is 14.0. The van der Waals surface area contributed by atoms with E-state index >= 15 is 0 Å². The molecule has 2 aromatic carbocycles. The average Bonchev–Trinajstić information content (AvgIpc) is 3.56. The van der Waals surface area contributed by atoms with Crippen molar-refractivity contribution in [2.45, 2.75) is 58.5 Å². The molecule has 39 heavy (non-hydrogen) atoms. The van der Waals surface area contributed by atoms with Gasteiger partial charge in [-0.2, -0.15) is 0 Å². The van der Waals surface area contributed by atoms with E-state index in [1.165, 1.54) is 28.7 Å². The second kappa shape index (κ2) is 11.8. The van der Waals surface area contributed by atoms with Crippen molar-refractivity contribution in [1.29, 1.82) is 0 Å². The number of aryl methyl sites for hydroxylation is 3. The molecule has 1 saturated heterocycles. The van der Waals surface area contributed by atoms with Crippen LogP contribution in [0.15, 0.2) is 60.3 Å². The van der Waals surface area contributed by atoms with E-state index in [1.54, 1.807) is 6.92 Å². The fourth-order valence-electron chi connectivity index (χ4n) is 5.71. The number of aromatic nitrogens is 1. The molecule has 0 unspecified atom stereocenters. The first kappa shape index (κ1) is 27.2. The Morgan fingerprint density at radius 2 is 1.77 bits per heavy atom. The van der Waals surface area contributed by atoms with E-state index in [0.29, 0.717) is 18.9 Å². The number of fused-ring (bicyclic) bond motifs is 1. The highest BCUT2D eigenvalue weighted by Crippen LogP contribution is 2.25. The lowest BCUT2D eigenvalue weighted by Crippen LogP contribution is -2.31. The minimum atomic E-state index is 0.118. The monoisotopic (exact) mass is 521 g/mol. The summed E-state index contributed by atoms with van der Waals surface area (Å²) in [5.74, 6) is 0.272. The summed E-state index contributed by atoms with van der Waals surface area (Å²) in [5.41, 5.74) is 9.65. The van der Waals surface area contributed by atoms with Crippen LogP contribution in [0.5, 0.6) is 0 Å². The summed E-state index contributed by atoms with van der Waals surface area (Å²) in [5, 5.41) is 0. The van der Waals surface area contributed by atoms with E-state index < -0.39 is 0 Å². The average molecular weight is 522 g/mol. The van der Waals surface area contributed by atoms with Gasteiger partial charge in [-0.15, -0.1) is 0 Å². The molecular formula is C34H39N3O2. The van der Waals surface area contributed by atoms with E-state index in [1.807, 2.05) is 24.4 Å². The van der Waals surface area contributed by atoms with Crippen LogP contribution in [0.4, 0.5) is 0 Å². The quantitative estimate of drug-likeness (QED) is 0.341. The lowest BCUT2D eigenvalue weighted by molar-refractivity contribution is -0.113. The van der Waals surface area contributed by atoms with E-state index in [9.17, 15) is 9.59 Å². The zero-order chi connectivity index (χ0) is 27.5. The van der Waals surface area contributed by atoms with Crippen molar-refractivity contribution >= 4 is 17.6 Å². The van der Waals surface area contributed by atoms with Gasteiger partial charge in [0, 0.05) is 55.9 Å². The van der Waals surface area contributed by atoms with Gasteiger partial charge in [-0.1, -0.05) is 42.5 Å². The highest BCUT2D eigenvalue weighted by atomic mass is 16.1. The van der Waals surface area contributed by atoms with Crippen molar-refractivity contribution in [3.8, 4) is 0 Å². The summed E-state index contributed by atoms with van der Waals surface area (Å²) < 4.78 is 0. The fourth-order valence-corrected chi connectivity index (χ4v) is 5.71. The van der Waals surface area contributed by atoms with Gasteiger partial charge in [0.2, 0.25) is 0 Å². The maximum absolute atomic E-state index is 13.1. The van der Waals surface area contributed by atoms with E-state index in [2.05, 4.69) is 72.2 Å². The van der Waals surface area contributed by atoms with Crippen molar-refractivity contribution in [2.24, 2.45) is 0 Å². The normalized spacial score (nSPS) is 16.9. The molecule has 1 aromatic heterocycles. The molecular weight excluding hydrogens is 482 g/mol. The Balaban J connectivity index is 1.18. The number of rotatable bonds is 10. The summed E-state index contributed by atoms with van der Waals surface area (Å²) in [6.07, 6.45) is 7.93. The predicted octanol–water partition coefficient (Wildman–Crippen LogP) is 5.27. The van der Waals surface area contributed by atoms with Gasteiger partial charge in [0.25, 0.3) is 0 Å². The Labute approximate surface area is 232 Å². The summed E-state index contributed by atoms with van der Waals surface area (Å²) >= 11 is 0. The lowest BCUT2D eigenvalue weighted by atomic mass is 9.95. The van der Waals surface area contributed by atoms with Crippen molar-refractivity contribution in [2.75, 3.05) is 27.2 Å². The standard InChI is InChI=1S/C34H39N3O2/c1-23-5-6-26(15-29(23)12-9-27-16-31-18-30(24(2)38)19-33(31)35-20-27)17-34(39)28-10-7-25(8-11-28)21-37-14-13-32(22-37)36(3)4/h5-8,10-11,15-16,18,20,32H,9,12-14,17,19,21-22H2,1-4H3/t32-/m0/s1. The number of ketones is 2. The molecule has 2 heterocycles. The molecule has 5 rings (SSSR count). The van der Waals surface area contributed by atoms with Gasteiger partial charge in [0.15, 0.2) is 11.6 Å². The minimum absolute atomic E-state index is 0.118. The minimum Gasteiger partial charge on any atom is -0.305 e. The maximum atomic E-state index is 13.1. The maximum Gasteiger partial charge on any atom is 0.167 e. The summed E-state index contributed by atoms with van der Waals surface area (Å²) in [7, 11) is 4.31. The summed E-state index contributed by atoms with van der Waals surface area (Å²) in [4.78, 5) is 34.2. The number of carbonyl (C=O) groups is 2. The number of benzene rings is 2. The number of likely N-dealkylation sites (tertiary alicyclic amines) is 1. The van der Waals surface area contributed by atoms with Crippen LogP contribution in [0.3, 0.4) is 0 Å². The summed E-state index contributed by atoms with van der Waals surface area (Å²) in [6.45, 7) is 6.91. The van der Waals surface area contributed by atoms with E-state index in [0.717, 1.165) is 60.4 Å². The summed E-state index contributed by atoms with van der Waals surface area (Å²) in [6, 6.07) is 17.4. The molecule has 0 N–H and O–H groups in total. The third-order valence-corrected chi connectivity index (χ3v) is 8.32. The predicted molar refractivity (Wildman–Crippen MR) is 157 cm³/mol. The molecule has 0 spiro atoms. The van der Waals surface area contributed by atoms with E-state index in [4.69, 9.17) is 0 Å². The molecule has 0 saturated carbocycles. The van der Waals surface area contributed by atoms with Gasteiger partial charge in [0.1, 0.15) is 0 Å². The zero-order valence-electron chi connectivity index (χ0n) is 23.7. The van der Waals surface area contributed by atoms with Crippen LogP contribution in [-0.2, 0) is 37.0 Å². The first-order chi connectivity index (χ1) is 18.7. The highest BCUT2D eigenvalue weighted by Gasteiger charge is 2.23. The van der Waals surface area contributed by atoms with Crippen molar-refractivity contribution in [3.63, 3.8) is 0 Å². The second-order valence-corrected chi connectivity index (χ2v) is 11.5. The molecule has 1 aliphatic carbocycles. The van der Waals surface area contributed by atoms with Crippen LogP contribution in [0.1, 0.15) is 62.8 Å². The van der Waals surface area contributed by atoms with Gasteiger partial charge >= 0.3 is 0 Å². The molecule has 3 aromatic rings. The largest absolute Gasteiger partial charge is 0.305 e. The number of hydrogen-bond acceptors (Lipinski definition) is 5. The Morgan fingerprint density at radius 1 is 1.00 bits per heavy atom. The lowest BCUT2D eigenvalue weighted by Gasteiger charge is -2.20. The van der Waals surface area contributed by atoms with Crippen molar-refractivity contribution in [1.82, 2.24) is 14.8 Å². The second-order valence-electron chi connectivity index (χ2n) is 11.5. The number of hydrogen-bond donors (Lipinski definition) is 0.